The van der Waals surface area contributed by atoms with Crippen LogP contribution < -0.4 is 4.90 Å². The maximum Gasteiger partial charge on any atom is 0.270 e. The largest absolute Gasteiger partial charge is 0.379 e. The van der Waals surface area contributed by atoms with Crippen molar-refractivity contribution in [3.05, 3.63) is 54.1 Å². The molecule has 2 aliphatic heterocycles. The van der Waals surface area contributed by atoms with Gasteiger partial charge in [-0.1, -0.05) is 6.07 Å². The van der Waals surface area contributed by atoms with Crippen molar-refractivity contribution in [3.63, 3.8) is 0 Å². The maximum atomic E-state index is 13.7. The molecule has 2 aliphatic rings. The van der Waals surface area contributed by atoms with E-state index < -0.39 is 0 Å². The van der Waals surface area contributed by atoms with Crippen LogP contribution in [-0.4, -0.2) is 54.8 Å². The lowest BCUT2D eigenvalue weighted by atomic mass is 9.80. The van der Waals surface area contributed by atoms with E-state index in [2.05, 4.69) is 4.90 Å². The first-order chi connectivity index (χ1) is 13.1. The molecule has 1 spiro atoms. The minimum atomic E-state index is -0.226. The molecule has 1 amide bonds. The van der Waals surface area contributed by atoms with Crippen molar-refractivity contribution >= 4 is 11.6 Å². The Labute approximate surface area is 159 Å². The SMILES string of the molecule is Cn1cccc1C(=O)N1CCC[C@@]2(COCCN(c3cccc(F)c3)C2)C1. The summed E-state index contributed by atoms with van der Waals surface area (Å²) >= 11 is 0. The van der Waals surface area contributed by atoms with Crippen molar-refractivity contribution in [2.24, 2.45) is 12.5 Å². The van der Waals surface area contributed by atoms with Gasteiger partial charge in [0.15, 0.2) is 0 Å². The van der Waals surface area contributed by atoms with E-state index >= 15 is 0 Å². The van der Waals surface area contributed by atoms with Gasteiger partial charge in [-0.15, -0.1) is 0 Å². The van der Waals surface area contributed by atoms with Gasteiger partial charge in [0.05, 0.1) is 13.2 Å². The highest BCUT2D eigenvalue weighted by atomic mass is 19.1. The molecular weight excluding hydrogens is 345 g/mol. The van der Waals surface area contributed by atoms with Gasteiger partial charge in [0.1, 0.15) is 11.5 Å². The molecule has 3 heterocycles. The van der Waals surface area contributed by atoms with Crippen LogP contribution in [0.5, 0.6) is 0 Å². The molecule has 0 N–H and O–H groups in total. The van der Waals surface area contributed by atoms with Crippen LogP contribution in [0, 0.1) is 11.2 Å². The predicted molar refractivity (Wildman–Crippen MR) is 102 cm³/mol. The van der Waals surface area contributed by atoms with E-state index in [4.69, 9.17) is 4.74 Å². The first kappa shape index (κ1) is 18.0. The lowest BCUT2D eigenvalue weighted by Gasteiger charge is -2.44. The van der Waals surface area contributed by atoms with Crippen LogP contribution in [0.2, 0.25) is 0 Å². The van der Waals surface area contributed by atoms with Crippen molar-refractivity contribution in [1.82, 2.24) is 9.47 Å². The lowest BCUT2D eigenvalue weighted by Crippen LogP contribution is -2.52. The molecule has 1 aromatic carbocycles. The van der Waals surface area contributed by atoms with Crippen molar-refractivity contribution < 1.29 is 13.9 Å². The van der Waals surface area contributed by atoms with E-state index in [1.54, 1.807) is 12.1 Å². The van der Waals surface area contributed by atoms with E-state index in [0.717, 1.165) is 38.2 Å². The minimum absolute atomic E-state index is 0.0723. The summed E-state index contributed by atoms with van der Waals surface area (Å²) < 4.78 is 21.5. The molecule has 0 radical (unpaired) electrons. The van der Waals surface area contributed by atoms with E-state index in [1.807, 2.05) is 40.9 Å². The Balaban J connectivity index is 1.55. The van der Waals surface area contributed by atoms with Crippen LogP contribution >= 0.6 is 0 Å². The Bertz CT molecular complexity index is 821. The number of benzene rings is 1. The number of piperidine rings is 1. The number of anilines is 1. The molecule has 1 atom stereocenters. The molecule has 1 aromatic heterocycles. The van der Waals surface area contributed by atoms with Crippen LogP contribution in [0.25, 0.3) is 0 Å². The molecule has 2 saturated heterocycles. The highest BCUT2D eigenvalue weighted by molar-refractivity contribution is 5.92. The van der Waals surface area contributed by atoms with Crippen molar-refractivity contribution in [1.29, 1.82) is 0 Å². The Kier molecular flexibility index (Phi) is 4.91. The molecule has 27 heavy (non-hydrogen) atoms. The first-order valence-electron chi connectivity index (χ1n) is 9.55. The van der Waals surface area contributed by atoms with Crippen molar-refractivity contribution in [2.45, 2.75) is 12.8 Å². The van der Waals surface area contributed by atoms with Gasteiger partial charge in [-0.3, -0.25) is 4.79 Å². The lowest BCUT2D eigenvalue weighted by molar-refractivity contribution is 0.0131. The summed E-state index contributed by atoms with van der Waals surface area (Å²) in [6, 6.07) is 10.5. The van der Waals surface area contributed by atoms with E-state index in [1.165, 1.54) is 6.07 Å². The van der Waals surface area contributed by atoms with Gasteiger partial charge in [0, 0.05) is 50.5 Å². The number of ether oxygens (including phenoxy) is 1. The van der Waals surface area contributed by atoms with Crippen LogP contribution in [0.1, 0.15) is 23.3 Å². The number of halogens is 1. The van der Waals surface area contributed by atoms with Crippen molar-refractivity contribution in [2.75, 3.05) is 44.3 Å². The Morgan fingerprint density at radius 3 is 2.85 bits per heavy atom. The Morgan fingerprint density at radius 2 is 2.07 bits per heavy atom. The zero-order valence-corrected chi connectivity index (χ0v) is 15.7. The normalized spacial score (nSPS) is 23.5. The topological polar surface area (TPSA) is 37.7 Å². The number of carbonyl (C=O) groups is 1. The fourth-order valence-corrected chi connectivity index (χ4v) is 4.36. The quantitative estimate of drug-likeness (QED) is 0.815. The average Bonchev–Trinajstić information content (AvgIpc) is 2.99. The smallest absolute Gasteiger partial charge is 0.270 e. The molecule has 0 aliphatic carbocycles. The predicted octanol–water partition coefficient (Wildman–Crippen LogP) is 2.92. The second-order valence-corrected chi connectivity index (χ2v) is 7.79. The molecule has 2 fully saturated rings. The van der Waals surface area contributed by atoms with Gasteiger partial charge in [0.25, 0.3) is 5.91 Å². The number of amides is 1. The Hall–Kier alpha value is -2.34. The van der Waals surface area contributed by atoms with Crippen LogP contribution in [0.4, 0.5) is 10.1 Å². The first-order valence-corrected chi connectivity index (χ1v) is 9.55. The van der Waals surface area contributed by atoms with E-state index in [9.17, 15) is 9.18 Å². The average molecular weight is 371 g/mol. The molecule has 0 unspecified atom stereocenters. The number of hydrogen-bond donors (Lipinski definition) is 0. The van der Waals surface area contributed by atoms with E-state index in [-0.39, 0.29) is 17.1 Å². The zero-order chi connectivity index (χ0) is 18.9. The molecule has 0 saturated carbocycles. The fraction of sp³-hybridized carbons (Fsp3) is 0.476. The summed E-state index contributed by atoms with van der Waals surface area (Å²) in [5.41, 5.74) is 1.47. The highest BCUT2D eigenvalue weighted by Gasteiger charge is 2.40. The monoisotopic (exact) mass is 371 g/mol. The molecule has 2 aromatic rings. The second kappa shape index (κ2) is 7.35. The number of aryl methyl sites for hydroxylation is 1. The molecule has 4 rings (SSSR count). The standard InChI is InChI=1S/C21H26FN3O2/c1-23-9-3-7-19(23)20(26)25-10-4-8-21(15-25)14-24(11-12-27-16-21)18-6-2-5-17(22)13-18/h2-3,5-7,9,13H,4,8,10-12,14-16H2,1H3/t21-/m0/s1. The summed E-state index contributed by atoms with van der Waals surface area (Å²) in [7, 11) is 1.90. The van der Waals surface area contributed by atoms with Gasteiger partial charge in [-0.25, -0.2) is 4.39 Å². The number of nitrogens with zero attached hydrogens (tertiary/aromatic N) is 3. The van der Waals surface area contributed by atoms with Crippen LogP contribution in [0.3, 0.4) is 0 Å². The zero-order valence-electron chi connectivity index (χ0n) is 15.7. The molecule has 5 nitrogen and oxygen atoms in total. The summed E-state index contributed by atoms with van der Waals surface area (Å²) in [6.45, 7) is 4.19. The van der Waals surface area contributed by atoms with Gasteiger partial charge < -0.3 is 19.1 Å². The molecular formula is C21H26FN3O2. The maximum absolute atomic E-state index is 13.7. The number of rotatable bonds is 2. The van der Waals surface area contributed by atoms with Crippen molar-refractivity contribution in [3.8, 4) is 0 Å². The Morgan fingerprint density at radius 1 is 1.19 bits per heavy atom. The summed E-state index contributed by atoms with van der Waals surface area (Å²) in [5, 5.41) is 0. The van der Waals surface area contributed by atoms with Gasteiger partial charge >= 0.3 is 0 Å². The van der Waals surface area contributed by atoms with Gasteiger partial charge in [-0.2, -0.15) is 0 Å². The van der Waals surface area contributed by atoms with Gasteiger partial charge in [-0.05, 0) is 43.2 Å². The third-order valence-electron chi connectivity index (χ3n) is 5.72. The third kappa shape index (κ3) is 3.72. The number of aromatic nitrogens is 1. The summed E-state index contributed by atoms with van der Waals surface area (Å²) in [5.74, 6) is -0.154. The number of hydrogen-bond acceptors (Lipinski definition) is 3. The summed E-state index contributed by atoms with van der Waals surface area (Å²) in [6.07, 6.45) is 3.86. The van der Waals surface area contributed by atoms with Crippen LogP contribution in [0.15, 0.2) is 42.6 Å². The van der Waals surface area contributed by atoms with E-state index in [0.29, 0.717) is 25.5 Å². The number of carbonyl (C=O) groups excluding carboxylic acids is 1. The second-order valence-electron chi connectivity index (χ2n) is 7.79. The molecule has 144 valence electrons. The van der Waals surface area contributed by atoms with Crippen LogP contribution in [-0.2, 0) is 11.8 Å². The molecule has 0 bridgehead atoms. The highest BCUT2D eigenvalue weighted by Crippen LogP contribution is 2.35. The minimum Gasteiger partial charge on any atom is -0.379 e. The fourth-order valence-electron chi connectivity index (χ4n) is 4.36. The van der Waals surface area contributed by atoms with Gasteiger partial charge in [0.2, 0.25) is 0 Å². The third-order valence-corrected chi connectivity index (χ3v) is 5.72. The molecule has 6 heteroatoms. The summed E-state index contributed by atoms with van der Waals surface area (Å²) in [4.78, 5) is 17.1. The number of likely N-dealkylation sites (tertiary alicyclic amines) is 1.